The van der Waals surface area contributed by atoms with Crippen molar-refractivity contribution in [2.45, 2.75) is 52.1 Å². The van der Waals surface area contributed by atoms with Crippen LogP contribution < -0.4 is 5.32 Å². The van der Waals surface area contributed by atoms with Gasteiger partial charge in [-0.2, -0.15) is 0 Å². The molecule has 0 radical (unpaired) electrons. The summed E-state index contributed by atoms with van der Waals surface area (Å²) in [6.45, 7) is 10.2. The van der Waals surface area contributed by atoms with Crippen LogP contribution in [0.3, 0.4) is 0 Å². The highest BCUT2D eigenvalue weighted by atomic mass is 16.5. The molecule has 0 aromatic rings. The van der Waals surface area contributed by atoms with Crippen molar-refractivity contribution in [2.75, 3.05) is 19.7 Å². The molecule has 2 rings (SSSR count). The number of hydrogen-bond donors (Lipinski definition) is 1. The molecule has 2 heterocycles. The van der Waals surface area contributed by atoms with Crippen LogP contribution in [0.4, 0.5) is 0 Å². The van der Waals surface area contributed by atoms with Crippen molar-refractivity contribution >= 4 is 0 Å². The molecule has 2 atom stereocenters. The van der Waals surface area contributed by atoms with Crippen LogP contribution in [0.15, 0.2) is 0 Å². The molecule has 1 N–H and O–H groups in total. The van der Waals surface area contributed by atoms with Gasteiger partial charge in [-0.25, -0.2) is 0 Å². The Kier molecular flexibility index (Phi) is 3.09. The molecule has 0 aliphatic carbocycles. The van der Waals surface area contributed by atoms with E-state index >= 15 is 0 Å². The van der Waals surface area contributed by atoms with E-state index in [0.29, 0.717) is 5.41 Å². The van der Waals surface area contributed by atoms with Crippen LogP contribution in [0.2, 0.25) is 0 Å². The topological polar surface area (TPSA) is 21.3 Å². The molecule has 88 valence electrons. The molecule has 2 heteroatoms. The minimum Gasteiger partial charge on any atom is -0.376 e. The Morgan fingerprint density at radius 2 is 2.13 bits per heavy atom. The van der Waals surface area contributed by atoms with Crippen molar-refractivity contribution in [1.29, 1.82) is 0 Å². The molecule has 2 saturated heterocycles. The Balaban J connectivity index is 2.14. The van der Waals surface area contributed by atoms with Gasteiger partial charge >= 0.3 is 0 Å². The monoisotopic (exact) mass is 211 g/mol. The maximum atomic E-state index is 5.87. The fraction of sp³-hybridized carbons (Fsp3) is 1.00. The molecule has 0 amide bonds. The van der Waals surface area contributed by atoms with E-state index in [0.717, 1.165) is 12.5 Å². The van der Waals surface area contributed by atoms with Crippen molar-refractivity contribution in [2.24, 2.45) is 11.3 Å². The first-order valence-electron chi connectivity index (χ1n) is 6.43. The zero-order valence-corrected chi connectivity index (χ0v) is 10.4. The number of rotatable bonds is 1. The van der Waals surface area contributed by atoms with Crippen LogP contribution in [-0.2, 0) is 4.74 Å². The zero-order chi connectivity index (χ0) is 10.9. The normalized spacial score (nSPS) is 40.6. The first kappa shape index (κ1) is 11.4. The van der Waals surface area contributed by atoms with E-state index < -0.39 is 0 Å². The minimum absolute atomic E-state index is 0.100. The van der Waals surface area contributed by atoms with Crippen LogP contribution in [0.5, 0.6) is 0 Å². The molecular formula is C13H25NO. The summed E-state index contributed by atoms with van der Waals surface area (Å²) in [7, 11) is 0. The Hall–Kier alpha value is -0.0800. The van der Waals surface area contributed by atoms with E-state index in [1.165, 1.54) is 38.8 Å². The highest BCUT2D eigenvalue weighted by Crippen LogP contribution is 2.48. The molecule has 0 aromatic heterocycles. The van der Waals surface area contributed by atoms with E-state index in [9.17, 15) is 0 Å². The lowest BCUT2D eigenvalue weighted by Gasteiger charge is -2.51. The molecule has 2 aliphatic rings. The number of nitrogens with one attached hydrogen (secondary N) is 1. The van der Waals surface area contributed by atoms with Gasteiger partial charge in [0.05, 0.1) is 5.60 Å². The smallest absolute Gasteiger partial charge is 0.0631 e. The maximum Gasteiger partial charge on any atom is 0.0631 e. The minimum atomic E-state index is 0.100. The molecule has 2 fully saturated rings. The number of piperidine rings is 1. The van der Waals surface area contributed by atoms with E-state index in [1.807, 2.05) is 0 Å². The molecule has 1 spiro atoms. The van der Waals surface area contributed by atoms with Crippen molar-refractivity contribution < 1.29 is 4.74 Å². The van der Waals surface area contributed by atoms with E-state index in [-0.39, 0.29) is 5.60 Å². The summed E-state index contributed by atoms with van der Waals surface area (Å²) < 4.78 is 5.87. The average Bonchev–Trinajstić information content (AvgIpc) is 2.16. The fourth-order valence-electron chi connectivity index (χ4n) is 3.69. The van der Waals surface area contributed by atoms with Crippen LogP contribution in [0.1, 0.15) is 46.5 Å². The van der Waals surface area contributed by atoms with Gasteiger partial charge in [-0.1, -0.05) is 13.3 Å². The average molecular weight is 211 g/mol. The molecule has 15 heavy (non-hydrogen) atoms. The SMILES string of the molecule is CCC1CNCCC12CCOC(C)(C)C2. The molecule has 2 unspecified atom stereocenters. The van der Waals surface area contributed by atoms with Gasteiger partial charge in [-0.3, -0.25) is 0 Å². The summed E-state index contributed by atoms with van der Waals surface area (Å²) >= 11 is 0. The van der Waals surface area contributed by atoms with Crippen LogP contribution >= 0.6 is 0 Å². The molecule has 0 saturated carbocycles. The third-order valence-electron chi connectivity index (χ3n) is 4.42. The summed E-state index contributed by atoms with van der Waals surface area (Å²) in [6.07, 6.45) is 5.18. The van der Waals surface area contributed by atoms with Crippen LogP contribution in [0.25, 0.3) is 0 Å². The summed E-state index contributed by atoms with van der Waals surface area (Å²) in [5.74, 6) is 0.856. The lowest BCUT2D eigenvalue weighted by atomic mass is 9.62. The van der Waals surface area contributed by atoms with Crippen molar-refractivity contribution in [3.8, 4) is 0 Å². The van der Waals surface area contributed by atoms with E-state index in [4.69, 9.17) is 4.74 Å². The highest BCUT2D eigenvalue weighted by Gasteiger charge is 2.46. The van der Waals surface area contributed by atoms with Gasteiger partial charge in [0.1, 0.15) is 0 Å². The number of ether oxygens (including phenoxy) is 1. The molecule has 2 aliphatic heterocycles. The summed E-state index contributed by atoms with van der Waals surface area (Å²) in [5, 5.41) is 3.54. The first-order valence-corrected chi connectivity index (χ1v) is 6.43. The van der Waals surface area contributed by atoms with Crippen molar-refractivity contribution in [3.05, 3.63) is 0 Å². The van der Waals surface area contributed by atoms with E-state index in [1.54, 1.807) is 0 Å². The van der Waals surface area contributed by atoms with Gasteiger partial charge in [0.15, 0.2) is 0 Å². The second kappa shape index (κ2) is 4.06. The Bertz CT molecular complexity index is 223. The molecule has 0 aromatic carbocycles. The summed E-state index contributed by atoms with van der Waals surface area (Å²) in [4.78, 5) is 0. The Labute approximate surface area is 93.8 Å². The van der Waals surface area contributed by atoms with Crippen LogP contribution in [-0.4, -0.2) is 25.3 Å². The Morgan fingerprint density at radius 3 is 2.80 bits per heavy atom. The maximum absolute atomic E-state index is 5.87. The Morgan fingerprint density at radius 1 is 1.33 bits per heavy atom. The van der Waals surface area contributed by atoms with Gasteiger partial charge in [0.2, 0.25) is 0 Å². The molecule has 0 bridgehead atoms. The third kappa shape index (κ3) is 2.21. The standard InChI is InChI=1S/C13H25NO/c1-4-11-9-14-7-5-13(11)6-8-15-12(2,3)10-13/h11,14H,4-10H2,1-3H3. The zero-order valence-electron chi connectivity index (χ0n) is 10.4. The van der Waals surface area contributed by atoms with Gasteiger partial charge in [0, 0.05) is 6.61 Å². The second-order valence-electron chi connectivity index (χ2n) is 5.96. The lowest BCUT2D eigenvalue weighted by molar-refractivity contribution is -0.130. The summed E-state index contributed by atoms with van der Waals surface area (Å²) in [5.41, 5.74) is 0.671. The van der Waals surface area contributed by atoms with Crippen molar-refractivity contribution in [1.82, 2.24) is 5.32 Å². The molecular weight excluding hydrogens is 186 g/mol. The van der Waals surface area contributed by atoms with Gasteiger partial charge in [-0.15, -0.1) is 0 Å². The lowest BCUT2D eigenvalue weighted by Crippen LogP contribution is -2.52. The van der Waals surface area contributed by atoms with Gasteiger partial charge < -0.3 is 10.1 Å². The third-order valence-corrected chi connectivity index (χ3v) is 4.42. The first-order chi connectivity index (χ1) is 7.08. The molecule has 2 nitrogen and oxygen atoms in total. The largest absolute Gasteiger partial charge is 0.376 e. The van der Waals surface area contributed by atoms with Gasteiger partial charge in [0.25, 0.3) is 0 Å². The van der Waals surface area contributed by atoms with E-state index in [2.05, 4.69) is 26.1 Å². The predicted octanol–water partition coefficient (Wildman–Crippen LogP) is 2.58. The number of hydrogen-bond acceptors (Lipinski definition) is 2. The van der Waals surface area contributed by atoms with Crippen LogP contribution in [0, 0.1) is 11.3 Å². The predicted molar refractivity (Wildman–Crippen MR) is 63.0 cm³/mol. The van der Waals surface area contributed by atoms with Crippen molar-refractivity contribution in [3.63, 3.8) is 0 Å². The fourth-order valence-corrected chi connectivity index (χ4v) is 3.69. The summed E-state index contributed by atoms with van der Waals surface area (Å²) in [6, 6.07) is 0. The highest BCUT2D eigenvalue weighted by molar-refractivity contribution is 4.97. The van der Waals surface area contributed by atoms with Gasteiger partial charge in [-0.05, 0) is 57.5 Å². The quantitative estimate of drug-likeness (QED) is 0.720. The second-order valence-corrected chi connectivity index (χ2v) is 5.96.